The van der Waals surface area contributed by atoms with Crippen LogP contribution in [0.25, 0.3) is 0 Å². The predicted molar refractivity (Wildman–Crippen MR) is 127 cm³/mol. The minimum Gasteiger partial charge on any atom is -0.383 e. The molecule has 1 atom stereocenters. The lowest BCUT2D eigenvalue weighted by Gasteiger charge is -2.34. The lowest BCUT2D eigenvalue weighted by molar-refractivity contribution is -0.135. The number of nitrogens with one attached hydrogen (secondary N) is 1. The number of likely N-dealkylation sites (N-methyl/N-ethyl adjacent to an activating group) is 1. The summed E-state index contributed by atoms with van der Waals surface area (Å²) in [6.07, 6.45) is 1.60. The van der Waals surface area contributed by atoms with Gasteiger partial charge in [0.15, 0.2) is 5.69 Å². The van der Waals surface area contributed by atoms with Crippen molar-refractivity contribution >= 4 is 23.3 Å². The molecule has 0 bridgehead atoms. The first-order chi connectivity index (χ1) is 15.7. The van der Waals surface area contributed by atoms with Crippen LogP contribution in [-0.2, 0) is 16.1 Å². The van der Waals surface area contributed by atoms with Crippen LogP contribution in [0.5, 0.6) is 0 Å². The molecular weight excluding hydrogens is 424 g/mol. The summed E-state index contributed by atoms with van der Waals surface area (Å²) in [5, 5.41) is 0. The number of carbonyl (C=O) groups excluding carboxylic acids is 2. The van der Waals surface area contributed by atoms with Crippen molar-refractivity contribution in [3.05, 3.63) is 56.7 Å². The second-order valence-electron chi connectivity index (χ2n) is 8.51. The van der Waals surface area contributed by atoms with E-state index in [-0.39, 0.29) is 48.9 Å². The average molecular weight is 457 g/mol. The molecule has 1 aliphatic heterocycles. The number of nitrogens with two attached hydrogens (primary N) is 1. The normalized spacial score (nSPS) is 16.4. The van der Waals surface area contributed by atoms with Crippen LogP contribution < -0.4 is 21.9 Å². The van der Waals surface area contributed by atoms with Gasteiger partial charge in [0.1, 0.15) is 5.82 Å². The van der Waals surface area contributed by atoms with E-state index in [1.807, 2.05) is 35.2 Å². The summed E-state index contributed by atoms with van der Waals surface area (Å²) in [4.78, 5) is 57.8. The quantitative estimate of drug-likeness (QED) is 0.618. The molecule has 33 heavy (non-hydrogen) atoms. The molecule has 0 spiro atoms. The summed E-state index contributed by atoms with van der Waals surface area (Å²) in [6, 6.07) is 9.25. The fraction of sp³-hybridized carbons (Fsp3) is 0.478. The van der Waals surface area contributed by atoms with Crippen molar-refractivity contribution in [3.63, 3.8) is 0 Å². The van der Waals surface area contributed by atoms with Crippen molar-refractivity contribution in [2.75, 3.05) is 50.9 Å². The summed E-state index contributed by atoms with van der Waals surface area (Å²) < 4.78 is 1.26. The second-order valence-corrected chi connectivity index (χ2v) is 8.51. The molecule has 1 aromatic carbocycles. The molecule has 10 nitrogen and oxygen atoms in total. The zero-order valence-corrected chi connectivity index (χ0v) is 19.4. The van der Waals surface area contributed by atoms with Gasteiger partial charge in [0, 0.05) is 27.2 Å². The first kappa shape index (κ1) is 24.2. The smallest absolute Gasteiger partial charge is 0.330 e. The Kier molecular flexibility index (Phi) is 7.70. The third-order valence-corrected chi connectivity index (χ3v) is 5.94. The van der Waals surface area contributed by atoms with E-state index < -0.39 is 11.2 Å². The highest BCUT2D eigenvalue weighted by molar-refractivity contribution is 5.96. The molecule has 1 unspecified atom stereocenters. The maximum Gasteiger partial charge on any atom is 0.330 e. The Morgan fingerprint density at radius 1 is 1.18 bits per heavy atom. The number of anilines is 2. The lowest BCUT2D eigenvalue weighted by Crippen LogP contribution is -2.49. The van der Waals surface area contributed by atoms with Crippen LogP contribution in [-0.4, -0.2) is 71.4 Å². The van der Waals surface area contributed by atoms with Gasteiger partial charge in [-0.1, -0.05) is 30.3 Å². The number of rotatable bonds is 7. The number of carbonyl (C=O) groups is 2. The maximum absolute atomic E-state index is 13.2. The molecule has 1 fully saturated rings. The lowest BCUT2D eigenvalue weighted by atomic mass is 9.97. The largest absolute Gasteiger partial charge is 0.383 e. The Labute approximate surface area is 192 Å². The molecule has 2 heterocycles. The molecule has 3 N–H and O–H groups in total. The molecule has 2 amide bonds. The number of likely N-dealkylation sites (tertiary alicyclic amines) is 1. The third kappa shape index (κ3) is 5.51. The number of benzene rings is 1. The van der Waals surface area contributed by atoms with Gasteiger partial charge in [-0.25, -0.2) is 4.79 Å². The van der Waals surface area contributed by atoms with Crippen LogP contribution in [0, 0.1) is 5.92 Å². The highest BCUT2D eigenvalue weighted by Crippen LogP contribution is 2.21. The van der Waals surface area contributed by atoms with Crippen molar-refractivity contribution in [1.82, 2.24) is 19.4 Å². The Hall–Kier alpha value is -3.40. The van der Waals surface area contributed by atoms with Gasteiger partial charge in [-0.05, 0) is 31.9 Å². The zero-order chi connectivity index (χ0) is 24.1. The number of H-pyrrole nitrogens is 1. The Morgan fingerprint density at radius 2 is 1.88 bits per heavy atom. The van der Waals surface area contributed by atoms with Crippen LogP contribution in [0.3, 0.4) is 0 Å². The molecule has 1 aromatic heterocycles. The molecule has 2 aromatic rings. The van der Waals surface area contributed by atoms with Gasteiger partial charge in [-0.15, -0.1) is 0 Å². The number of hydrogen-bond acceptors (Lipinski definition) is 6. The summed E-state index contributed by atoms with van der Waals surface area (Å²) in [7, 11) is 3.45. The van der Waals surface area contributed by atoms with Crippen LogP contribution in [0.15, 0.2) is 39.9 Å². The van der Waals surface area contributed by atoms with E-state index in [1.54, 1.807) is 25.9 Å². The topological polar surface area (TPSA) is 125 Å². The van der Waals surface area contributed by atoms with Crippen molar-refractivity contribution in [1.29, 1.82) is 0 Å². The number of nitrogen functional groups attached to an aromatic ring is 1. The van der Waals surface area contributed by atoms with Crippen molar-refractivity contribution in [2.24, 2.45) is 5.92 Å². The van der Waals surface area contributed by atoms with E-state index in [1.165, 1.54) is 9.47 Å². The Balaban J connectivity index is 1.84. The highest BCUT2D eigenvalue weighted by atomic mass is 16.2. The molecule has 178 valence electrons. The number of aromatic nitrogens is 2. The summed E-state index contributed by atoms with van der Waals surface area (Å²) >= 11 is 0. The molecule has 0 radical (unpaired) electrons. The minimum absolute atomic E-state index is 0.0315. The minimum atomic E-state index is -0.698. The number of nitrogens with zero attached hydrogens (tertiary/aromatic N) is 4. The van der Waals surface area contributed by atoms with E-state index in [4.69, 9.17) is 5.73 Å². The van der Waals surface area contributed by atoms with Crippen LogP contribution >= 0.6 is 0 Å². The summed E-state index contributed by atoms with van der Waals surface area (Å²) in [6.45, 7) is 3.37. The predicted octanol–water partition coefficient (Wildman–Crippen LogP) is 0.320. The van der Waals surface area contributed by atoms with E-state index in [0.29, 0.717) is 13.1 Å². The van der Waals surface area contributed by atoms with Gasteiger partial charge in [-0.3, -0.25) is 28.8 Å². The van der Waals surface area contributed by atoms with Gasteiger partial charge >= 0.3 is 5.69 Å². The van der Waals surface area contributed by atoms with Gasteiger partial charge in [0.05, 0.1) is 19.0 Å². The molecule has 1 aliphatic rings. The van der Waals surface area contributed by atoms with Crippen molar-refractivity contribution in [3.8, 4) is 0 Å². The van der Waals surface area contributed by atoms with E-state index in [0.717, 1.165) is 18.4 Å². The van der Waals surface area contributed by atoms with Gasteiger partial charge in [0.2, 0.25) is 11.8 Å². The number of aromatic amines is 1. The van der Waals surface area contributed by atoms with Crippen LogP contribution in [0.1, 0.15) is 25.3 Å². The average Bonchev–Trinajstić information content (AvgIpc) is 2.79. The van der Waals surface area contributed by atoms with Gasteiger partial charge in [0.25, 0.3) is 5.56 Å². The third-order valence-electron chi connectivity index (χ3n) is 5.94. The number of hydrogen-bond donors (Lipinski definition) is 2. The van der Waals surface area contributed by atoms with Crippen LogP contribution in [0.4, 0.5) is 11.5 Å². The first-order valence-corrected chi connectivity index (χ1v) is 11.1. The number of amides is 2. The fourth-order valence-corrected chi connectivity index (χ4v) is 4.26. The van der Waals surface area contributed by atoms with Gasteiger partial charge in [-0.2, -0.15) is 0 Å². The highest BCUT2D eigenvalue weighted by Gasteiger charge is 2.30. The Morgan fingerprint density at radius 3 is 2.52 bits per heavy atom. The standard InChI is InChI=1S/C23H32N6O4/c1-4-28(18(30)15-27-12-8-11-17(14-27)22(32)26(2)3)19-20(24)29(23(33)25-21(19)31)13-16-9-6-5-7-10-16/h5-7,9-10,17H,4,8,11-15,24H2,1-3H3,(H,25,31,33). The molecule has 1 saturated heterocycles. The first-order valence-electron chi connectivity index (χ1n) is 11.1. The maximum atomic E-state index is 13.2. The number of piperidine rings is 1. The fourth-order valence-electron chi connectivity index (χ4n) is 4.26. The Bertz CT molecular complexity index is 1110. The van der Waals surface area contributed by atoms with E-state index in [9.17, 15) is 19.2 Å². The van der Waals surface area contributed by atoms with Crippen molar-refractivity contribution < 1.29 is 9.59 Å². The molecular formula is C23H32N6O4. The molecule has 10 heteroatoms. The monoisotopic (exact) mass is 456 g/mol. The van der Waals surface area contributed by atoms with E-state index in [2.05, 4.69) is 4.98 Å². The molecule has 3 rings (SSSR count). The SMILES string of the molecule is CCN(C(=O)CN1CCCC(C(=O)N(C)C)C1)c1c(N)n(Cc2ccccc2)c(=O)[nH]c1=O. The summed E-state index contributed by atoms with van der Waals surface area (Å²) in [5.41, 5.74) is 5.74. The molecule has 0 saturated carbocycles. The zero-order valence-electron chi connectivity index (χ0n) is 19.4. The second kappa shape index (κ2) is 10.5. The van der Waals surface area contributed by atoms with Crippen molar-refractivity contribution in [2.45, 2.75) is 26.3 Å². The van der Waals surface area contributed by atoms with Gasteiger partial charge < -0.3 is 15.5 Å². The van der Waals surface area contributed by atoms with Crippen LogP contribution in [0.2, 0.25) is 0 Å². The summed E-state index contributed by atoms with van der Waals surface area (Å²) in [5.74, 6) is -0.467. The van der Waals surface area contributed by atoms with E-state index >= 15 is 0 Å². The molecule has 0 aliphatic carbocycles.